The van der Waals surface area contributed by atoms with Crippen molar-refractivity contribution in [2.24, 2.45) is 5.16 Å². The van der Waals surface area contributed by atoms with Crippen LogP contribution in [0.1, 0.15) is 16.7 Å². The van der Waals surface area contributed by atoms with E-state index in [9.17, 15) is 0 Å². The van der Waals surface area contributed by atoms with E-state index < -0.39 is 0 Å². The van der Waals surface area contributed by atoms with Crippen LogP contribution in [0, 0.1) is 6.92 Å². The van der Waals surface area contributed by atoms with Gasteiger partial charge in [-0.1, -0.05) is 71.9 Å². The Morgan fingerprint density at radius 2 is 1.61 bits per heavy atom. The first-order valence-corrected chi connectivity index (χ1v) is 5.78. The highest BCUT2D eigenvalue weighted by atomic mass is 16.6. The van der Waals surface area contributed by atoms with Gasteiger partial charge in [0.1, 0.15) is 12.0 Å². The molecule has 0 atom stereocenters. The van der Waals surface area contributed by atoms with Crippen LogP contribution in [0.25, 0.3) is 0 Å². The van der Waals surface area contributed by atoms with E-state index in [-0.39, 0.29) is 0 Å². The summed E-state index contributed by atoms with van der Waals surface area (Å²) >= 11 is 0. The molecule has 90 valence electrons. The number of benzene rings is 2. The highest BCUT2D eigenvalue weighted by Gasteiger charge is 2.06. The number of oxime groups is 1. The molecule has 0 spiro atoms. The number of nitrogens with zero attached hydrogens (tertiary/aromatic N) is 1. The van der Waals surface area contributed by atoms with Crippen molar-refractivity contribution in [3.05, 3.63) is 84.1 Å². The van der Waals surface area contributed by atoms with Crippen molar-refractivity contribution in [2.75, 3.05) is 0 Å². The van der Waals surface area contributed by atoms with Crippen LogP contribution in [0.2, 0.25) is 0 Å². The van der Waals surface area contributed by atoms with Gasteiger partial charge in [0.05, 0.1) is 0 Å². The summed E-state index contributed by atoms with van der Waals surface area (Å²) in [5, 5.41) is 4.11. The Labute approximate surface area is 107 Å². The Kier molecular flexibility index (Phi) is 3.92. The van der Waals surface area contributed by atoms with Crippen LogP contribution in [0.3, 0.4) is 0 Å². The minimum atomic E-state index is 0.801. The first kappa shape index (κ1) is 12.1. The molecule has 0 amide bonds. The maximum atomic E-state index is 4.99. The van der Waals surface area contributed by atoms with Crippen molar-refractivity contribution < 1.29 is 4.84 Å². The monoisotopic (exact) mass is 237 g/mol. The first-order valence-electron chi connectivity index (χ1n) is 5.78. The summed E-state index contributed by atoms with van der Waals surface area (Å²) in [5.41, 5.74) is 4.06. The van der Waals surface area contributed by atoms with Crippen molar-refractivity contribution in [2.45, 2.75) is 6.92 Å². The lowest BCUT2D eigenvalue weighted by Gasteiger charge is -2.06. The van der Waals surface area contributed by atoms with Gasteiger partial charge in [-0.15, -0.1) is 0 Å². The molecule has 2 aromatic carbocycles. The molecule has 0 bridgehead atoms. The molecule has 2 heteroatoms. The van der Waals surface area contributed by atoms with E-state index >= 15 is 0 Å². The van der Waals surface area contributed by atoms with E-state index in [1.807, 2.05) is 42.5 Å². The Morgan fingerprint density at radius 3 is 2.22 bits per heavy atom. The normalized spacial score (nSPS) is 11.1. The average molecular weight is 237 g/mol. The summed E-state index contributed by atoms with van der Waals surface area (Å²) in [5.74, 6) is 0. The van der Waals surface area contributed by atoms with Crippen LogP contribution >= 0.6 is 0 Å². The summed E-state index contributed by atoms with van der Waals surface area (Å²) in [7, 11) is 0. The molecule has 0 saturated carbocycles. The predicted octanol–water partition coefficient (Wildman–Crippen LogP) is 3.91. The van der Waals surface area contributed by atoms with Gasteiger partial charge in [-0.2, -0.15) is 0 Å². The lowest BCUT2D eigenvalue weighted by atomic mass is 10.0. The zero-order valence-electron chi connectivity index (χ0n) is 10.3. The lowest BCUT2D eigenvalue weighted by Crippen LogP contribution is -2.03. The molecule has 2 rings (SSSR count). The van der Waals surface area contributed by atoms with Gasteiger partial charge in [-0.3, -0.25) is 0 Å². The largest absolute Gasteiger partial charge is 0.365 e. The van der Waals surface area contributed by atoms with E-state index in [4.69, 9.17) is 4.84 Å². The van der Waals surface area contributed by atoms with Gasteiger partial charge in [-0.25, -0.2) is 0 Å². The van der Waals surface area contributed by atoms with Crippen LogP contribution in [0.4, 0.5) is 0 Å². The van der Waals surface area contributed by atoms with Crippen molar-refractivity contribution in [3.8, 4) is 0 Å². The number of aryl methyl sites for hydroxylation is 1. The van der Waals surface area contributed by atoms with Crippen molar-refractivity contribution in [1.29, 1.82) is 0 Å². The van der Waals surface area contributed by atoms with Crippen molar-refractivity contribution >= 4 is 5.71 Å². The minimum Gasteiger partial charge on any atom is -0.365 e. The molecule has 0 heterocycles. The fourth-order valence-electron chi connectivity index (χ4n) is 1.67. The minimum absolute atomic E-state index is 0.801. The fraction of sp³-hybridized carbons (Fsp3) is 0.0625. The zero-order chi connectivity index (χ0) is 12.8. The SMILES string of the molecule is C=CO/N=C(\c1ccccc1)c1ccc(C)cc1. The van der Waals surface area contributed by atoms with E-state index in [0.29, 0.717) is 0 Å². The predicted molar refractivity (Wildman–Crippen MR) is 74.5 cm³/mol. The molecule has 18 heavy (non-hydrogen) atoms. The number of hydrogen-bond acceptors (Lipinski definition) is 2. The maximum absolute atomic E-state index is 4.99. The van der Waals surface area contributed by atoms with Crippen LogP contribution in [-0.4, -0.2) is 5.71 Å². The second-order valence-electron chi connectivity index (χ2n) is 3.94. The van der Waals surface area contributed by atoms with E-state index in [0.717, 1.165) is 16.8 Å². The maximum Gasteiger partial charge on any atom is 0.117 e. The van der Waals surface area contributed by atoms with Gasteiger partial charge in [0.25, 0.3) is 0 Å². The number of rotatable bonds is 4. The molecule has 0 aliphatic heterocycles. The van der Waals surface area contributed by atoms with E-state index in [2.05, 4.69) is 30.8 Å². The van der Waals surface area contributed by atoms with Gasteiger partial charge < -0.3 is 4.84 Å². The molecule has 2 nitrogen and oxygen atoms in total. The molecular weight excluding hydrogens is 222 g/mol. The molecule has 0 N–H and O–H groups in total. The standard InChI is InChI=1S/C16H15NO/c1-3-18-17-16(14-7-5-4-6-8-14)15-11-9-13(2)10-12-15/h3-12H,1H2,2H3/b17-16+. The highest BCUT2D eigenvalue weighted by molar-refractivity contribution is 6.12. The van der Waals surface area contributed by atoms with Crippen LogP contribution in [0.5, 0.6) is 0 Å². The quantitative estimate of drug-likeness (QED) is 0.449. The summed E-state index contributed by atoms with van der Waals surface area (Å²) in [4.78, 5) is 4.99. The van der Waals surface area contributed by atoms with Crippen LogP contribution in [0.15, 0.2) is 72.6 Å². The van der Waals surface area contributed by atoms with Gasteiger partial charge in [0.15, 0.2) is 0 Å². The molecule has 0 unspecified atom stereocenters. The molecule has 2 aromatic rings. The fourth-order valence-corrected chi connectivity index (χ4v) is 1.67. The summed E-state index contributed by atoms with van der Waals surface area (Å²) in [6, 6.07) is 18.1. The Bertz CT molecular complexity index is 541. The van der Waals surface area contributed by atoms with Gasteiger partial charge in [0.2, 0.25) is 0 Å². The number of hydrogen-bond donors (Lipinski definition) is 0. The molecule has 0 fully saturated rings. The summed E-state index contributed by atoms with van der Waals surface area (Å²) in [6.45, 7) is 5.56. The van der Waals surface area contributed by atoms with Gasteiger partial charge in [0, 0.05) is 11.1 Å². The third kappa shape index (κ3) is 2.86. The Morgan fingerprint density at radius 1 is 1.00 bits per heavy atom. The average Bonchev–Trinajstić information content (AvgIpc) is 2.42. The van der Waals surface area contributed by atoms with Crippen LogP contribution < -0.4 is 0 Å². The molecule has 0 radical (unpaired) electrons. The zero-order valence-corrected chi connectivity index (χ0v) is 10.3. The second-order valence-corrected chi connectivity index (χ2v) is 3.94. The molecule has 0 aliphatic rings. The van der Waals surface area contributed by atoms with Gasteiger partial charge >= 0.3 is 0 Å². The molecule has 0 aromatic heterocycles. The summed E-state index contributed by atoms with van der Waals surface area (Å²) in [6.07, 6.45) is 1.32. The van der Waals surface area contributed by atoms with E-state index in [1.165, 1.54) is 11.8 Å². The third-order valence-corrected chi connectivity index (χ3v) is 2.59. The highest BCUT2D eigenvalue weighted by Crippen LogP contribution is 2.12. The lowest BCUT2D eigenvalue weighted by molar-refractivity contribution is 0.270. The third-order valence-electron chi connectivity index (χ3n) is 2.59. The van der Waals surface area contributed by atoms with Gasteiger partial charge in [-0.05, 0) is 6.92 Å². The van der Waals surface area contributed by atoms with Crippen LogP contribution in [-0.2, 0) is 4.84 Å². The Hall–Kier alpha value is -2.35. The smallest absolute Gasteiger partial charge is 0.117 e. The molecule has 0 aliphatic carbocycles. The van der Waals surface area contributed by atoms with Crippen molar-refractivity contribution in [3.63, 3.8) is 0 Å². The summed E-state index contributed by atoms with van der Waals surface area (Å²) < 4.78 is 0. The molecule has 0 saturated heterocycles. The van der Waals surface area contributed by atoms with Crippen molar-refractivity contribution in [1.82, 2.24) is 0 Å². The first-order chi connectivity index (χ1) is 8.81. The molecular formula is C16H15NO. The Balaban J connectivity index is 2.43. The second kappa shape index (κ2) is 5.82. The topological polar surface area (TPSA) is 21.6 Å². The van der Waals surface area contributed by atoms with E-state index in [1.54, 1.807) is 0 Å².